The number of H-pyrrole nitrogens is 1. The Balaban J connectivity index is 1.75. The molecule has 0 radical (unpaired) electrons. The molecule has 0 bridgehead atoms. The molecule has 0 aromatic carbocycles. The number of nitrogens with zero attached hydrogens (tertiary/aromatic N) is 1. The highest BCUT2D eigenvalue weighted by molar-refractivity contribution is 7.13. The van der Waals surface area contributed by atoms with Gasteiger partial charge in [0.05, 0.1) is 28.9 Å². The summed E-state index contributed by atoms with van der Waals surface area (Å²) < 4.78 is 0. The van der Waals surface area contributed by atoms with Gasteiger partial charge in [-0.05, 0) is 22.9 Å². The van der Waals surface area contributed by atoms with Crippen LogP contribution in [0.2, 0.25) is 0 Å². The van der Waals surface area contributed by atoms with Gasteiger partial charge in [-0.2, -0.15) is 5.10 Å². The minimum Gasteiger partial charge on any atom is -0.347 e. The third kappa shape index (κ3) is 2.59. The zero-order chi connectivity index (χ0) is 13.1. The number of hydrogen-bond acceptors (Lipinski definition) is 4. The van der Waals surface area contributed by atoms with E-state index in [0.717, 1.165) is 15.4 Å². The number of carbonyl (C=O) groups excluding carboxylic acids is 1. The first-order valence-electron chi connectivity index (χ1n) is 5.72. The molecule has 96 valence electrons. The Morgan fingerprint density at radius 1 is 1.26 bits per heavy atom. The normalized spacial score (nSPS) is 10.5. The molecule has 0 aliphatic rings. The van der Waals surface area contributed by atoms with E-state index in [0.29, 0.717) is 12.1 Å². The highest BCUT2D eigenvalue weighted by atomic mass is 32.1. The van der Waals surface area contributed by atoms with Crippen molar-refractivity contribution in [2.75, 3.05) is 0 Å². The molecule has 0 aliphatic carbocycles. The smallest absolute Gasteiger partial charge is 0.255 e. The Kier molecular flexibility index (Phi) is 3.43. The summed E-state index contributed by atoms with van der Waals surface area (Å²) in [5, 5.41) is 13.7. The molecule has 4 nitrogen and oxygen atoms in total. The van der Waals surface area contributed by atoms with Gasteiger partial charge in [0.1, 0.15) is 0 Å². The fourth-order valence-electron chi connectivity index (χ4n) is 1.74. The molecule has 0 saturated carbocycles. The van der Waals surface area contributed by atoms with Crippen LogP contribution in [0.15, 0.2) is 41.2 Å². The van der Waals surface area contributed by atoms with E-state index in [9.17, 15) is 4.79 Å². The van der Waals surface area contributed by atoms with Gasteiger partial charge in [0.15, 0.2) is 0 Å². The molecular formula is C13H11N3OS2. The minimum atomic E-state index is -0.106. The van der Waals surface area contributed by atoms with Gasteiger partial charge < -0.3 is 5.32 Å². The lowest BCUT2D eigenvalue weighted by atomic mass is 10.2. The van der Waals surface area contributed by atoms with E-state index in [-0.39, 0.29) is 5.91 Å². The SMILES string of the molecule is O=C(NCc1cccs1)c1cn[nH]c1-c1cccs1. The molecule has 3 aromatic heterocycles. The Morgan fingerprint density at radius 2 is 2.11 bits per heavy atom. The predicted octanol–water partition coefficient (Wildman–Crippen LogP) is 3.13. The molecule has 0 spiro atoms. The number of carbonyl (C=O) groups is 1. The Morgan fingerprint density at radius 3 is 2.84 bits per heavy atom. The van der Waals surface area contributed by atoms with Crippen LogP contribution in [0.4, 0.5) is 0 Å². The summed E-state index contributed by atoms with van der Waals surface area (Å²) in [5.41, 5.74) is 1.36. The molecule has 3 aromatic rings. The van der Waals surface area contributed by atoms with E-state index in [1.165, 1.54) is 0 Å². The largest absolute Gasteiger partial charge is 0.347 e. The van der Waals surface area contributed by atoms with E-state index in [1.54, 1.807) is 28.9 Å². The van der Waals surface area contributed by atoms with Gasteiger partial charge in [-0.15, -0.1) is 22.7 Å². The van der Waals surface area contributed by atoms with Gasteiger partial charge in [-0.25, -0.2) is 0 Å². The molecule has 0 unspecified atom stereocenters. The van der Waals surface area contributed by atoms with Crippen LogP contribution in [-0.4, -0.2) is 16.1 Å². The Bertz CT molecular complexity index is 656. The van der Waals surface area contributed by atoms with E-state index in [2.05, 4.69) is 15.5 Å². The topological polar surface area (TPSA) is 57.8 Å². The van der Waals surface area contributed by atoms with E-state index < -0.39 is 0 Å². The van der Waals surface area contributed by atoms with E-state index in [4.69, 9.17) is 0 Å². The summed E-state index contributed by atoms with van der Waals surface area (Å²) >= 11 is 3.21. The Hall–Kier alpha value is -1.92. The zero-order valence-corrected chi connectivity index (χ0v) is 11.6. The highest BCUT2D eigenvalue weighted by Gasteiger charge is 2.15. The van der Waals surface area contributed by atoms with Crippen molar-refractivity contribution in [3.8, 4) is 10.6 Å². The number of aromatic amines is 1. The fourth-order valence-corrected chi connectivity index (χ4v) is 3.12. The number of nitrogens with one attached hydrogen (secondary N) is 2. The fraction of sp³-hybridized carbons (Fsp3) is 0.0769. The van der Waals surface area contributed by atoms with Gasteiger partial charge in [0, 0.05) is 4.88 Å². The molecule has 3 rings (SSSR count). The molecule has 0 aliphatic heterocycles. The zero-order valence-electron chi connectivity index (χ0n) is 9.92. The quantitative estimate of drug-likeness (QED) is 0.775. The Labute approximate surface area is 118 Å². The van der Waals surface area contributed by atoms with Crippen LogP contribution >= 0.6 is 22.7 Å². The van der Waals surface area contributed by atoms with Crippen LogP contribution in [0.1, 0.15) is 15.2 Å². The van der Waals surface area contributed by atoms with Crippen molar-refractivity contribution < 1.29 is 4.79 Å². The number of amides is 1. The number of thiophene rings is 2. The molecule has 0 saturated heterocycles. The summed E-state index contributed by atoms with van der Waals surface area (Å²) in [5.74, 6) is -0.106. The van der Waals surface area contributed by atoms with Gasteiger partial charge in [0.2, 0.25) is 0 Å². The van der Waals surface area contributed by atoms with Crippen LogP contribution in [-0.2, 0) is 6.54 Å². The summed E-state index contributed by atoms with van der Waals surface area (Å²) in [6, 6.07) is 7.89. The number of hydrogen-bond donors (Lipinski definition) is 2. The second kappa shape index (κ2) is 5.38. The van der Waals surface area contributed by atoms with Crippen molar-refractivity contribution in [2.45, 2.75) is 6.54 Å². The molecule has 0 atom stereocenters. The summed E-state index contributed by atoms with van der Waals surface area (Å²) in [6.45, 7) is 0.547. The van der Waals surface area contributed by atoms with Crippen molar-refractivity contribution >= 4 is 28.6 Å². The number of rotatable bonds is 4. The molecule has 0 fully saturated rings. The average molecular weight is 289 g/mol. The summed E-state index contributed by atoms with van der Waals surface area (Å²) in [7, 11) is 0. The second-order valence-corrected chi connectivity index (χ2v) is 5.88. The first kappa shape index (κ1) is 12.1. The predicted molar refractivity (Wildman–Crippen MR) is 77.4 cm³/mol. The van der Waals surface area contributed by atoms with Crippen molar-refractivity contribution in [3.05, 3.63) is 51.7 Å². The standard InChI is InChI=1S/C13H11N3OS2/c17-13(14-7-9-3-1-5-18-9)10-8-15-16-12(10)11-4-2-6-19-11/h1-6,8H,7H2,(H,14,17)(H,15,16). The lowest BCUT2D eigenvalue weighted by molar-refractivity contribution is 0.0952. The molecular weight excluding hydrogens is 278 g/mol. The van der Waals surface area contributed by atoms with Crippen LogP contribution in [0.5, 0.6) is 0 Å². The van der Waals surface area contributed by atoms with Gasteiger partial charge >= 0.3 is 0 Å². The molecule has 2 N–H and O–H groups in total. The first-order chi connectivity index (χ1) is 9.34. The minimum absolute atomic E-state index is 0.106. The van der Waals surface area contributed by atoms with Gasteiger partial charge in [-0.3, -0.25) is 9.89 Å². The second-order valence-electron chi connectivity index (χ2n) is 3.90. The molecule has 6 heteroatoms. The van der Waals surface area contributed by atoms with E-state index >= 15 is 0 Å². The highest BCUT2D eigenvalue weighted by Crippen LogP contribution is 2.25. The van der Waals surface area contributed by atoms with Crippen molar-refractivity contribution in [3.63, 3.8) is 0 Å². The summed E-state index contributed by atoms with van der Waals surface area (Å²) in [6.07, 6.45) is 1.57. The maximum absolute atomic E-state index is 12.2. The van der Waals surface area contributed by atoms with Crippen LogP contribution in [0.3, 0.4) is 0 Å². The van der Waals surface area contributed by atoms with Crippen LogP contribution in [0, 0.1) is 0 Å². The lowest BCUT2D eigenvalue weighted by Crippen LogP contribution is -2.22. The van der Waals surface area contributed by atoms with Crippen molar-refractivity contribution in [1.82, 2.24) is 15.5 Å². The van der Waals surface area contributed by atoms with Gasteiger partial charge in [0.25, 0.3) is 5.91 Å². The first-order valence-corrected chi connectivity index (χ1v) is 7.48. The third-order valence-electron chi connectivity index (χ3n) is 2.65. The average Bonchev–Trinajstić information content (AvgIpc) is 3.14. The van der Waals surface area contributed by atoms with E-state index in [1.807, 2.05) is 35.0 Å². The molecule has 19 heavy (non-hydrogen) atoms. The van der Waals surface area contributed by atoms with Crippen molar-refractivity contribution in [1.29, 1.82) is 0 Å². The maximum Gasteiger partial charge on any atom is 0.255 e. The van der Waals surface area contributed by atoms with Crippen LogP contribution in [0.25, 0.3) is 10.6 Å². The summed E-state index contributed by atoms with van der Waals surface area (Å²) in [4.78, 5) is 14.3. The van der Waals surface area contributed by atoms with Crippen molar-refractivity contribution in [2.24, 2.45) is 0 Å². The van der Waals surface area contributed by atoms with Gasteiger partial charge in [-0.1, -0.05) is 12.1 Å². The molecule has 3 heterocycles. The maximum atomic E-state index is 12.2. The van der Waals surface area contributed by atoms with Crippen LogP contribution < -0.4 is 5.32 Å². The monoisotopic (exact) mass is 289 g/mol. The lowest BCUT2D eigenvalue weighted by Gasteiger charge is -2.03. The third-order valence-corrected chi connectivity index (χ3v) is 4.42. The molecule has 1 amide bonds. The number of aromatic nitrogens is 2.